The SMILES string of the molecule is CCCCCCC/C=C/CCCCCCCCCCCCCCC[N+](CC(CC)C(=O)O)(CC(CC)C(=O)O)CC(CC)C(=O)O. The van der Waals surface area contributed by atoms with Gasteiger partial charge in [0.15, 0.2) is 0 Å². The van der Waals surface area contributed by atoms with E-state index in [-0.39, 0.29) is 24.1 Å². The van der Waals surface area contributed by atoms with Crippen LogP contribution < -0.4 is 0 Å². The lowest BCUT2D eigenvalue weighted by Crippen LogP contribution is -2.58. The van der Waals surface area contributed by atoms with Crippen LogP contribution in [0.2, 0.25) is 0 Å². The number of carboxylic acids is 3. The molecule has 0 aliphatic rings. The number of carbonyl (C=O) groups is 3. The third-order valence-electron chi connectivity index (χ3n) is 9.99. The Hall–Kier alpha value is -1.89. The minimum absolute atomic E-state index is 0.260. The van der Waals surface area contributed by atoms with E-state index >= 15 is 0 Å². The lowest BCUT2D eigenvalue weighted by atomic mass is 9.95. The van der Waals surface area contributed by atoms with Gasteiger partial charge in [0.2, 0.25) is 0 Å². The van der Waals surface area contributed by atoms with E-state index in [4.69, 9.17) is 0 Å². The molecular weight excluding hydrogens is 578 g/mol. The van der Waals surface area contributed by atoms with Crippen LogP contribution in [0.5, 0.6) is 0 Å². The van der Waals surface area contributed by atoms with Crippen molar-refractivity contribution >= 4 is 17.9 Å². The van der Waals surface area contributed by atoms with Gasteiger partial charge < -0.3 is 19.8 Å². The molecule has 7 nitrogen and oxygen atoms in total. The van der Waals surface area contributed by atoms with E-state index in [0.717, 1.165) is 19.3 Å². The third-order valence-corrected chi connectivity index (χ3v) is 9.99. The predicted octanol–water partition coefficient (Wildman–Crippen LogP) is 10.5. The van der Waals surface area contributed by atoms with Gasteiger partial charge in [-0.25, -0.2) is 0 Å². The summed E-state index contributed by atoms with van der Waals surface area (Å²) in [7, 11) is 0. The molecule has 3 atom stereocenters. The summed E-state index contributed by atoms with van der Waals surface area (Å²) in [6.45, 7) is 9.28. The van der Waals surface area contributed by atoms with Crippen molar-refractivity contribution in [3.8, 4) is 0 Å². The summed E-state index contributed by atoms with van der Waals surface area (Å²) in [5.74, 6) is -4.51. The van der Waals surface area contributed by atoms with Crippen molar-refractivity contribution in [2.45, 2.75) is 175 Å². The predicted molar refractivity (Wildman–Crippen MR) is 191 cm³/mol. The molecule has 0 amide bonds. The van der Waals surface area contributed by atoms with Gasteiger partial charge in [-0.3, -0.25) is 14.4 Å². The smallest absolute Gasteiger partial charge is 0.312 e. The maximum Gasteiger partial charge on any atom is 0.312 e. The van der Waals surface area contributed by atoms with Crippen LogP contribution in [-0.2, 0) is 14.4 Å². The first kappa shape index (κ1) is 44.1. The molecule has 0 radical (unpaired) electrons. The second kappa shape index (κ2) is 29.3. The zero-order valence-electron chi connectivity index (χ0n) is 30.5. The van der Waals surface area contributed by atoms with Gasteiger partial charge in [0.05, 0.1) is 26.2 Å². The Kier molecular flexibility index (Phi) is 28.1. The molecular formula is C39H74NO6+. The Morgan fingerprint density at radius 1 is 0.457 bits per heavy atom. The maximum absolute atomic E-state index is 12.0. The first-order valence-corrected chi connectivity index (χ1v) is 19.3. The second-order valence-corrected chi connectivity index (χ2v) is 14.0. The van der Waals surface area contributed by atoms with Crippen molar-refractivity contribution in [1.29, 1.82) is 0 Å². The molecule has 0 aliphatic carbocycles. The molecule has 0 aromatic carbocycles. The number of quaternary nitrogens is 1. The molecule has 7 heteroatoms. The molecule has 0 aliphatic heterocycles. The van der Waals surface area contributed by atoms with Crippen LogP contribution in [0.15, 0.2) is 12.2 Å². The van der Waals surface area contributed by atoms with E-state index in [0.29, 0.717) is 25.8 Å². The van der Waals surface area contributed by atoms with Crippen LogP contribution in [0.25, 0.3) is 0 Å². The van der Waals surface area contributed by atoms with Gasteiger partial charge in [0.25, 0.3) is 0 Å². The van der Waals surface area contributed by atoms with Gasteiger partial charge in [-0.1, -0.05) is 130 Å². The summed E-state index contributed by atoms with van der Waals surface area (Å²) in [4.78, 5) is 36.0. The average Bonchev–Trinajstić information content (AvgIpc) is 3.03. The van der Waals surface area contributed by atoms with E-state index in [2.05, 4.69) is 19.1 Å². The molecule has 0 aromatic heterocycles. The van der Waals surface area contributed by atoms with Gasteiger partial charge in [-0.2, -0.15) is 0 Å². The fourth-order valence-corrected chi connectivity index (χ4v) is 6.80. The quantitative estimate of drug-likeness (QED) is 0.0362. The highest BCUT2D eigenvalue weighted by Crippen LogP contribution is 2.25. The zero-order chi connectivity index (χ0) is 34.5. The highest BCUT2D eigenvalue weighted by atomic mass is 16.4. The molecule has 0 rings (SSSR count). The van der Waals surface area contributed by atoms with Crippen molar-refractivity contribution < 1.29 is 34.2 Å². The van der Waals surface area contributed by atoms with Crippen molar-refractivity contribution in [3.05, 3.63) is 12.2 Å². The normalized spacial score (nSPS) is 15.0. The van der Waals surface area contributed by atoms with Gasteiger partial charge in [-0.05, 0) is 57.8 Å². The minimum Gasteiger partial charge on any atom is -0.481 e. The van der Waals surface area contributed by atoms with E-state index < -0.39 is 35.7 Å². The molecule has 0 bridgehead atoms. The van der Waals surface area contributed by atoms with E-state index in [9.17, 15) is 29.7 Å². The van der Waals surface area contributed by atoms with Crippen LogP contribution in [0.3, 0.4) is 0 Å². The topological polar surface area (TPSA) is 112 Å². The second-order valence-electron chi connectivity index (χ2n) is 14.0. The van der Waals surface area contributed by atoms with Gasteiger partial charge in [0, 0.05) is 0 Å². The van der Waals surface area contributed by atoms with Crippen molar-refractivity contribution in [1.82, 2.24) is 0 Å². The fourth-order valence-electron chi connectivity index (χ4n) is 6.80. The van der Waals surface area contributed by atoms with Crippen LogP contribution >= 0.6 is 0 Å². The molecule has 0 spiro atoms. The summed E-state index contributed by atoms with van der Waals surface area (Å²) >= 11 is 0. The maximum atomic E-state index is 12.0. The van der Waals surface area contributed by atoms with Crippen molar-refractivity contribution in [2.75, 3.05) is 26.2 Å². The number of unbranched alkanes of at least 4 members (excludes halogenated alkanes) is 18. The number of aliphatic carboxylic acids is 3. The molecule has 0 saturated carbocycles. The monoisotopic (exact) mass is 653 g/mol. The molecule has 3 unspecified atom stereocenters. The van der Waals surface area contributed by atoms with Crippen LogP contribution in [-0.4, -0.2) is 63.9 Å². The largest absolute Gasteiger partial charge is 0.481 e. The number of rotatable bonds is 34. The lowest BCUT2D eigenvalue weighted by Gasteiger charge is -2.43. The first-order valence-electron chi connectivity index (χ1n) is 19.3. The molecule has 0 saturated heterocycles. The standard InChI is InChI=1S/C39H73NO6/c1-5-9-10-11-12-13-14-15-16-17-18-19-20-21-22-23-24-25-26-27-28-29-30-40(31-34(6-2)37(41)42,32-35(7-3)38(43)44)33-36(8-4)39(45)46/h14-15,34-36H,5-13,16-33H2,1-4H3,(H2-,41,42,43,44,45,46)/p+1/b15-14+. The number of allylic oxidation sites excluding steroid dienone is 2. The highest BCUT2D eigenvalue weighted by molar-refractivity contribution is 5.71. The van der Waals surface area contributed by atoms with Crippen LogP contribution in [0, 0.1) is 17.8 Å². The summed E-state index contributed by atoms with van der Waals surface area (Å²) in [6.07, 6.45) is 31.4. The third kappa shape index (κ3) is 22.6. The van der Waals surface area contributed by atoms with E-state index in [1.807, 2.05) is 20.8 Å². The average molecular weight is 653 g/mol. The molecule has 0 aromatic rings. The Bertz CT molecular complexity index is 738. The van der Waals surface area contributed by atoms with E-state index in [1.54, 1.807) is 0 Å². The molecule has 46 heavy (non-hydrogen) atoms. The minimum atomic E-state index is -0.886. The molecule has 0 fully saturated rings. The Labute approximate surface area is 283 Å². The summed E-state index contributed by atoms with van der Waals surface area (Å²) < 4.78 is 0.260. The fraction of sp³-hybridized carbons (Fsp3) is 0.872. The summed E-state index contributed by atoms with van der Waals surface area (Å²) in [6, 6.07) is 0. The first-order chi connectivity index (χ1) is 22.2. The Morgan fingerprint density at radius 2 is 0.739 bits per heavy atom. The lowest BCUT2D eigenvalue weighted by molar-refractivity contribution is -0.935. The van der Waals surface area contributed by atoms with Gasteiger partial charge >= 0.3 is 17.9 Å². The highest BCUT2D eigenvalue weighted by Gasteiger charge is 2.40. The van der Waals surface area contributed by atoms with Crippen LogP contribution in [0.4, 0.5) is 0 Å². The number of hydrogen-bond acceptors (Lipinski definition) is 3. The Balaban J connectivity index is 4.43. The number of carboxylic acid groups (broad SMARTS) is 3. The van der Waals surface area contributed by atoms with E-state index in [1.165, 1.54) is 109 Å². The summed E-state index contributed by atoms with van der Waals surface area (Å²) in [5.41, 5.74) is 0. The number of nitrogens with zero attached hydrogens (tertiary/aromatic N) is 1. The van der Waals surface area contributed by atoms with Crippen molar-refractivity contribution in [3.63, 3.8) is 0 Å². The van der Waals surface area contributed by atoms with Gasteiger partial charge in [-0.15, -0.1) is 0 Å². The van der Waals surface area contributed by atoms with Gasteiger partial charge in [0.1, 0.15) is 17.8 Å². The molecule has 0 heterocycles. The zero-order valence-corrected chi connectivity index (χ0v) is 30.5. The molecule has 270 valence electrons. The van der Waals surface area contributed by atoms with Crippen LogP contribution in [0.1, 0.15) is 175 Å². The number of hydrogen-bond donors (Lipinski definition) is 3. The Morgan fingerprint density at radius 3 is 1.02 bits per heavy atom. The summed E-state index contributed by atoms with van der Waals surface area (Å²) in [5, 5.41) is 29.5. The van der Waals surface area contributed by atoms with Crippen molar-refractivity contribution in [2.24, 2.45) is 17.8 Å². The molecule has 3 N–H and O–H groups in total.